The lowest BCUT2D eigenvalue weighted by Crippen LogP contribution is -1.93. The standard InChI is InChI=1S/C28H18BrN3/c29-23-7-9-24(10-8-23)32-27-11-5-19(21-3-1-13-30-17-21)15-25(27)26-16-20(6-12-28(26)32)22-4-2-14-31-18-22/h1-18H. The number of halogens is 1. The molecule has 0 aliphatic carbocycles. The summed E-state index contributed by atoms with van der Waals surface area (Å²) in [6, 6.07) is 29.9. The highest BCUT2D eigenvalue weighted by atomic mass is 79.9. The molecule has 4 heteroatoms. The van der Waals surface area contributed by atoms with Crippen molar-refractivity contribution in [3.8, 4) is 27.9 Å². The SMILES string of the molecule is Brc1ccc(-n2c3ccc(-c4cccnc4)cc3c3cc(-c4cccnc4)ccc32)cc1. The largest absolute Gasteiger partial charge is 0.309 e. The van der Waals surface area contributed by atoms with Crippen molar-refractivity contribution in [2.75, 3.05) is 0 Å². The van der Waals surface area contributed by atoms with E-state index < -0.39 is 0 Å². The highest BCUT2D eigenvalue weighted by Gasteiger charge is 2.14. The smallest absolute Gasteiger partial charge is 0.0541 e. The minimum Gasteiger partial charge on any atom is -0.309 e. The van der Waals surface area contributed by atoms with Gasteiger partial charge in [0.15, 0.2) is 0 Å². The molecule has 3 aromatic carbocycles. The average Bonchev–Trinajstić information content (AvgIpc) is 3.19. The molecule has 0 spiro atoms. The van der Waals surface area contributed by atoms with Crippen molar-refractivity contribution in [2.24, 2.45) is 0 Å². The molecule has 0 saturated carbocycles. The molecular weight excluding hydrogens is 458 g/mol. The van der Waals surface area contributed by atoms with Crippen LogP contribution in [0.2, 0.25) is 0 Å². The molecule has 0 radical (unpaired) electrons. The van der Waals surface area contributed by atoms with Crippen LogP contribution in [0.4, 0.5) is 0 Å². The third-order valence-electron chi connectivity index (χ3n) is 5.84. The van der Waals surface area contributed by atoms with E-state index in [1.807, 2.05) is 36.9 Å². The first-order valence-corrected chi connectivity index (χ1v) is 11.2. The monoisotopic (exact) mass is 475 g/mol. The lowest BCUT2D eigenvalue weighted by Gasteiger charge is -2.09. The molecule has 0 N–H and O–H groups in total. The minimum atomic E-state index is 1.07. The molecular formula is C28H18BrN3. The highest BCUT2D eigenvalue weighted by molar-refractivity contribution is 9.10. The Labute approximate surface area is 194 Å². The number of nitrogens with zero attached hydrogens (tertiary/aromatic N) is 3. The maximum atomic E-state index is 4.30. The zero-order valence-electron chi connectivity index (χ0n) is 17.1. The van der Waals surface area contributed by atoms with Crippen LogP contribution < -0.4 is 0 Å². The summed E-state index contributed by atoms with van der Waals surface area (Å²) in [6.45, 7) is 0. The lowest BCUT2D eigenvalue weighted by molar-refractivity contribution is 1.18. The Kier molecular flexibility index (Phi) is 4.58. The molecule has 0 amide bonds. The van der Waals surface area contributed by atoms with Gasteiger partial charge in [0.1, 0.15) is 0 Å². The second-order valence-electron chi connectivity index (χ2n) is 7.76. The average molecular weight is 476 g/mol. The predicted molar refractivity (Wildman–Crippen MR) is 135 cm³/mol. The number of fused-ring (bicyclic) bond motifs is 3. The van der Waals surface area contributed by atoms with E-state index in [2.05, 4.69) is 103 Å². The predicted octanol–water partition coefficient (Wildman–Crippen LogP) is 7.67. The van der Waals surface area contributed by atoms with Crippen molar-refractivity contribution in [1.82, 2.24) is 14.5 Å². The van der Waals surface area contributed by atoms with Crippen molar-refractivity contribution in [3.63, 3.8) is 0 Å². The van der Waals surface area contributed by atoms with Gasteiger partial charge >= 0.3 is 0 Å². The molecule has 0 fully saturated rings. The van der Waals surface area contributed by atoms with Gasteiger partial charge in [-0.15, -0.1) is 0 Å². The minimum absolute atomic E-state index is 1.07. The van der Waals surface area contributed by atoms with Crippen molar-refractivity contribution in [3.05, 3.63) is 114 Å². The molecule has 3 aromatic heterocycles. The number of hydrogen-bond acceptors (Lipinski definition) is 2. The molecule has 6 aromatic rings. The molecule has 32 heavy (non-hydrogen) atoms. The molecule has 0 bridgehead atoms. The van der Waals surface area contributed by atoms with E-state index in [0.29, 0.717) is 0 Å². The number of pyridine rings is 2. The van der Waals surface area contributed by atoms with Gasteiger partial charge < -0.3 is 4.57 Å². The normalized spacial score (nSPS) is 11.3. The van der Waals surface area contributed by atoms with E-state index in [0.717, 1.165) is 32.4 Å². The Hall–Kier alpha value is -3.76. The van der Waals surface area contributed by atoms with Gasteiger partial charge in [-0.05, 0) is 71.8 Å². The molecule has 0 unspecified atom stereocenters. The molecule has 6 rings (SSSR count). The van der Waals surface area contributed by atoms with Crippen LogP contribution in [0.1, 0.15) is 0 Å². The summed E-state index contributed by atoms with van der Waals surface area (Å²) < 4.78 is 3.40. The highest BCUT2D eigenvalue weighted by Crippen LogP contribution is 2.37. The van der Waals surface area contributed by atoms with Crippen LogP contribution in [0.5, 0.6) is 0 Å². The fourth-order valence-corrected chi connectivity index (χ4v) is 4.58. The van der Waals surface area contributed by atoms with E-state index >= 15 is 0 Å². The van der Waals surface area contributed by atoms with Gasteiger partial charge in [-0.25, -0.2) is 0 Å². The van der Waals surface area contributed by atoms with Crippen LogP contribution >= 0.6 is 15.9 Å². The van der Waals surface area contributed by atoms with Crippen LogP contribution in [0, 0.1) is 0 Å². The maximum Gasteiger partial charge on any atom is 0.0541 e. The molecule has 0 aliphatic heterocycles. The number of hydrogen-bond donors (Lipinski definition) is 0. The summed E-state index contributed by atoms with van der Waals surface area (Å²) in [5.74, 6) is 0. The summed E-state index contributed by atoms with van der Waals surface area (Å²) in [4.78, 5) is 8.60. The Morgan fingerprint density at radius 2 is 1.09 bits per heavy atom. The first-order chi connectivity index (χ1) is 15.8. The van der Waals surface area contributed by atoms with Crippen LogP contribution in [0.15, 0.2) is 114 Å². The Balaban J connectivity index is 1.66. The lowest BCUT2D eigenvalue weighted by atomic mass is 10.0. The Bertz CT molecular complexity index is 1460. The molecule has 0 atom stereocenters. The van der Waals surface area contributed by atoms with E-state index in [9.17, 15) is 0 Å². The van der Waals surface area contributed by atoms with Crippen LogP contribution in [-0.2, 0) is 0 Å². The second-order valence-corrected chi connectivity index (χ2v) is 8.67. The van der Waals surface area contributed by atoms with Gasteiger partial charge in [0, 0.05) is 56.8 Å². The van der Waals surface area contributed by atoms with Crippen LogP contribution in [-0.4, -0.2) is 14.5 Å². The van der Waals surface area contributed by atoms with E-state index in [1.165, 1.54) is 21.8 Å². The van der Waals surface area contributed by atoms with E-state index in [1.54, 1.807) is 0 Å². The van der Waals surface area contributed by atoms with E-state index in [4.69, 9.17) is 0 Å². The number of benzene rings is 3. The molecule has 3 nitrogen and oxygen atoms in total. The third kappa shape index (κ3) is 3.20. The number of rotatable bonds is 3. The quantitative estimate of drug-likeness (QED) is 0.262. The summed E-state index contributed by atoms with van der Waals surface area (Å²) >= 11 is 3.56. The van der Waals surface area contributed by atoms with Gasteiger partial charge in [-0.2, -0.15) is 0 Å². The van der Waals surface area contributed by atoms with Crippen molar-refractivity contribution < 1.29 is 0 Å². The van der Waals surface area contributed by atoms with Gasteiger partial charge in [-0.1, -0.05) is 40.2 Å². The molecule has 152 valence electrons. The van der Waals surface area contributed by atoms with Gasteiger partial charge in [-0.3, -0.25) is 9.97 Å². The molecule has 0 aliphatic rings. The number of aromatic nitrogens is 3. The first kappa shape index (κ1) is 19.0. The summed E-state index contributed by atoms with van der Waals surface area (Å²) in [5.41, 5.74) is 8.04. The summed E-state index contributed by atoms with van der Waals surface area (Å²) in [5, 5.41) is 2.44. The second kappa shape index (κ2) is 7.74. The summed E-state index contributed by atoms with van der Waals surface area (Å²) in [7, 11) is 0. The molecule has 3 heterocycles. The maximum absolute atomic E-state index is 4.30. The first-order valence-electron chi connectivity index (χ1n) is 10.4. The topological polar surface area (TPSA) is 30.7 Å². The zero-order chi connectivity index (χ0) is 21.5. The third-order valence-corrected chi connectivity index (χ3v) is 6.37. The van der Waals surface area contributed by atoms with E-state index in [-0.39, 0.29) is 0 Å². The van der Waals surface area contributed by atoms with Gasteiger partial charge in [0.25, 0.3) is 0 Å². The van der Waals surface area contributed by atoms with Crippen LogP contribution in [0.25, 0.3) is 49.7 Å². The zero-order valence-corrected chi connectivity index (χ0v) is 18.7. The molecule has 0 saturated heterocycles. The van der Waals surface area contributed by atoms with Gasteiger partial charge in [0.2, 0.25) is 0 Å². The van der Waals surface area contributed by atoms with Crippen molar-refractivity contribution in [2.45, 2.75) is 0 Å². The Morgan fingerprint density at radius 1 is 0.562 bits per heavy atom. The van der Waals surface area contributed by atoms with Crippen molar-refractivity contribution >= 4 is 37.7 Å². The Morgan fingerprint density at radius 3 is 1.56 bits per heavy atom. The van der Waals surface area contributed by atoms with Crippen LogP contribution in [0.3, 0.4) is 0 Å². The van der Waals surface area contributed by atoms with Crippen molar-refractivity contribution in [1.29, 1.82) is 0 Å². The van der Waals surface area contributed by atoms with Gasteiger partial charge in [0.05, 0.1) is 11.0 Å². The fraction of sp³-hybridized carbons (Fsp3) is 0. The summed E-state index contributed by atoms with van der Waals surface area (Å²) in [6.07, 6.45) is 7.44. The fourth-order valence-electron chi connectivity index (χ4n) is 4.32.